The molecule has 0 spiro atoms. The zero-order valence-electron chi connectivity index (χ0n) is 17.0. The molecule has 0 fully saturated rings. The summed E-state index contributed by atoms with van der Waals surface area (Å²) >= 11 is 2.88. The Hall–Kier alpha value is -3.24. The molecule has 0 bridgehead atoms. The summed E-state index contributed by atoms with van der Waals surface area (Å²) in [5, 5.41) is 12.1. The van der Waals surface area contributed by atoms with Crippen LogP contribution < -0.4 is 5.32 Å². The van der Waals surface area contributed by atoms with Gasteiger partial charge in [-0.3, -0.25) is 9.59 Å². The van der Waals surface area contributed by atoms with Gasteiger partial charge in [-0.25, -0.2) is 4.98 Å². The number of nitrogens with zero attached hydrogens (tertiary/aromatic N) is 5. The van der Waals surface area contributed by atoms with Crippen molar-refractivity contribution in [1.29, 1.82) is 0 Å². The second-order valence-corrected chi connectivity index (χ2v) is 8.94. The molecule has 0 saturated heterocycles. The molecule has 0 saturated carbocycles. The average molecular weight is 453 g/mol. The van der Waals surface area contributed by atoms with Gasteiger partial charge < -0.3 is 14.8 Å². The third-order valence-electron chi connectivity index (χ3n) is 4.45. The molecule has 31 heavy (non-hydrogen) atoms. The van der Waals surface area contributed by atoms with E-state index in [9.17, 15) is 9.59 Å². The van der Waals surface area contributed by atoms with Crippen LogP contribution in [0, 0.1) is 0 Å². The van der Waals surface area contributed by atoms with Crippen molar-refractivity contribution >= 4 is 50.8 Å². The van der Waals surface area contributed by atoms with Crippen LogP contribution in [0.25, 0.3) is 10.2 Å². The highest BCUT2D eigenvalue weighted by Gasteiger charge is 2.15. The fourth-order valence-electron chi connectivity index (χ4n) is 2.94. The number of nitrogens with one attached hydrogen (secondary N) is 1. The Labute approximate surface area is 187 Å². The van der Waals surface area contributed by atoms with E-state index in [4.69, 9.17) is 0 Å². The summed E-state index contributed by atoms with van der Waals surface area (Å²) in [7, 11) is 3.57. The minimum Gasteiger partial charge on any atom is -0.335 e. The van der Waals surface area contributed by atoms with Crippen LogP contribution in [0.5, 0.6) is 0 Å². The molecule has 8 nitrogen and oxygen atoms in total. The predicted octanol–water partition coefficient (Wildman–Crippen LogP) is 3.43. The van der Waals surface area contributed by atoms with Gasteiger partial charge in [-0.1, -0.05) is 30.0 Å². The first-order chi connectivity index (χ1) is 15.0. The molecular weight excluding hydrogens is 432 g/mol. The summed E-state index contributed by atoms with van der Waals surface area (Å²) in [6, 6.07) is 14.8. The minimum absolute atomic E-state index is 0.135. The molecule has 0 aliphatic carbocycles. The van der Waals surface area contributed by atoms with Crippen LogP contribution in [0.4, 0.5) is 5.69 Å². The van der Waals surface area contributed by atoms with Crippen molar-refractivity contribution in [2.75, 3.05) is 18.1 Å². The van der Waals surface area contributed by atoms with Crippen molar-refractivity contribution in [2.45, 2.75) is 11.7 Å². The number of anilines is 1. The Morgan fingerprint density at radius 2 is 2.03 bits per heavy atom. The van der Waals surface area contributed by atoms with Crippen LogP contribution in [0.1, 0.15) is 15.4 Å². The highest BCUT2D eigenvalue weighted by Crippen LogP contribution is 2.23. The van der Waals surface area contributed by atoms with Crippen molar-refractivity contribution in [3.8, 4) is 0 Å². The molecule has 0 atom stereocenters. The molecule has 10 heteroatoms. The maximum absolute atomic E-state index is 12.9. The molecular formula is C21H20N6O2S2. The molecule has 0 aliphatic heterocycles. The lowest BCUT2D eigenvalue weighted by Gasteiger charge is -2.16. The SMILES string of the molecule is CN(Cc1nc2ccccc2s1)C(=O)c1cccc(NC(=O)CSc2nncn2C)c1. The summed E-state index contributed by atoms with van der Waals surface area (Å²) in [5.74, 6) is -0.119. The standard InChI is InChI=1S/C21H20N6O2S2/c1-26(11-19-24-16-8-3-4-9-17(16)31-19)20(29)14-6-5-7-15(10-14)23-18(28)12-30-21-25-22-13-27(21)2/h3-10,13H,11-12H2,1-2H3,(H,23,28). The van der Waals surface area contributed by atoms with E-state index in [2.05, 4.69) is 20.5 Å². The number of thioether (sulfide) groups is 1. The Morgan fingerprint density at radius 3 is 2.81 bits per heavy atom. The first-order valence-corrected chi connectivity index (χ1v) is 11.3. The summed E-state index contributed by atoms with van der Waals surface area (Å²) in [5.41, 5.74) is 2.01. The van der Waals surface area contributed by atoms with Crippen LogP contribution in [0.3, 0.4) is 0 Å². The number of hydrogen-bond donors (Lipinski definition) is 1. The lowest BCUT2D eigenvalue weighted by atomic mass is 10.1. The maximum atomic E-state index is 12.9. The smallest absolute Gasteiger partial charge is 0.254 e. The fourth-order valence-corrected chi connectivity index (χ4v) is 4.65. The molecule has 1 N–H and O–H groups in total. The van der Waals surface area contributed by atoms with Gasteiger partial charge >= 0.3 is 0 Å². The van der Waals surface area contributed by atoms with Gasteiger partial charge in [0.05, 0.1) is 22.5 Å². The highest BCUT2D eigenvalue weighted by atomic mass is 32.2. The van der Waals surface area contributed by atoms with Crippen molar-refractivity contribution in [3.05, 3.63) is 65.4 Å². The summed E-state index contributed by atoms with van der Waals surface area (Å²) in [6.45, 7) is 0.420. The zero-order chi connectivity index (χ0) is 21.8. The lowest BCUT2D eigenvalue weighted by molar-refractivity contribution is -0.113. The van der Waals surface area contributed by atoms with Crippen LogP contribution in [-0.2, 0) is 18.4 Å². The number of carbonyl (C=O) groups excluding carboxylic acids is 2. The number of rotatable bonds is 7. The van der Waals surface area contributed by atoms with Crippen molar-refractivity contribution in [1.82, 2.24) is 24.6 Å². The number of aromatic nitrogens is 4. The number of carbonyl (C=O) groups is 2. The molecule has 4 aromatic rings. The Bertz CT molecular complexity index is 1200. The van der Waals surface area contributed by atoms with E-state index in [1.165, 1.54) is 11.8 Å². The molecule has 2 aromatic carbocycles. The van der Waals surface area contributed by atoms with Gasteiger partial charge in [-0.2, -0.15) is 0 Å². The predicted molar refractivity (Wildman–Crippen MR) is 122 cm³/mol. The monoisotopic (exact) mass is 452 g/mol. The van der Waals surface area contributed by atoms with Gasteiger partial charge in [0.2, 0.25) is 5.91 Å². The van der Waals surface area contributed by atoms with Crippen molar-refractivity contribution in [2.24, 2.45) is 7.05 Å². The van der Waals surface area contributed by atoms with Crippen LogP contribution in [0.2, 0.25) is 0 Å². The first kappa shape index (κ1) is 21.0. The van der Waals surface area contributed by atoms with E-state index in [1.54, 1.807) is 58.4 Å². The average Bonchev–Trinajstić information content (AvgIpc) is 3.36. The van der Waals surface area contributed by atoms with Gasteiger partial charge in [0.15, 0.2) is 5.16 Å². The number of para-hydroxylation sites is 1. The third kappa shape index (κ3) is 5.09. The van der Waals surface area contributed by atoms with E-state index in [-0.39, 0.29) is 17.6 Å². The summed E-state index contributed by atoms with van der Waals surface area (Å²) in [6.07, 6.45) is 1.58. The normalized spacial score (nSPS) is 10.9. The molecule has 0 radical (unpaired) electrons. The van der Waals surface area contributed by atoms with E-state index in [1.807, 2.05) is 31.3 Å². The number of thiazole rings is 1. The second kappa shape index (κ2) is 9.27. The number of fused-ring (bicyclic) bond motifs is 1. The van der Waals surface area contributed by atoms with Gasteiger partial charge in [0.1, 0.15) is 11.3 Å². The summed E-state index contributed by atoms with van der Waals surface area (Å²) < 4.78 is 2.85. The van der Waals surface area contributed by atoms with E-state index in [0.29, 0.717) is 23.0 Å². The summed E-state index contributed by atoms with van der Waals surface area (Å²) in [4.78, 5) is 31.4. The first-order valence-electron chi connectivity index (χ1n) is 9.46. The highest BCUT2D eigenvalue weighted by molar-refractivity contribution is 7.99. The lowest BCUT2D eigenvalue weighted by Crippen LogP contribution is -2.26. The van der Waals surface area contributed by atoms with Gasteiger partial charge in [0.25, 0.3) is 5.91 Å². The quantitative estimate of drug-likeness (QED) is 0.432. The topological polar surface area (TPSA) is 93.0 Å². The molecule has 2 heterocycles. The van der Waals surface area contributed by atoms with Crippen LogP contribution in [0.15, 0.2) is 60.0 Å². The van der Waals surface area contributed by atoms with Gasteiger partial charge in [0, 0.05) is 25.3 Å². The molecule has 0 aliphatic rings. The molecule has 2 amide bonds. The van der Waals surface area contributed by atoms with Crippen molar-refractivity contribution < 1.29 is 9.59 Å². The largest absolute Gasteiger partial charge is 0.335 e. The van der Waals surface area contributed by atoms with E-state index in [0.717, 1.165) is 15.2 Å². The molecule has 0 unspecified atom stereocenters. The molecule has 4 rings (SSSR count). The Kier molecular flexibility index (Phi) is 6.28. The number of benzene rings is 2. The molecule has 2 aromatic heterocycles. The molecule has 158 valence electrons. The Balaban J connectivity index is 1.37. The van der Waals surface area contributed by atoms with E-state index >= 15 is 0 Å². The van der Waals surface area contributed by atoms with Crippen LogP contribution >= 0.6 is 23.1 Å². The van der Waals surface area contributed by atoms with Gasteiger partial charge in [-0.05, 0) is 30.3 Å². The maximum Gasteiger partial charge on any atom is 0.254 e. The van der Waals surface area contributed by atoms with Crippen LogP contribution in [-0.4, -0.2) is 49.3 Å². The minimum atomic E-state index is -0.180. The number of aryl methyl sites for hydroxylation is 1. The van der Waals surface area contributed by atoms with Crippen molar-refractivity contribution in [3.63, 3.8) is 0 Å². The van der Waals surface area contributed by atoms with E-state index < -0.39 is 0 Å². The van der Waals surface area contributed by atoms with Gasteiger partial charge in [-0.15, -0.1) is 21.5 Å². The third-order valence-corrected chi connectivity index (χ3v) is 6.51. The number of amides is 2. The fraction of sp³-hybridized carbons (Fsp3) is 0.190. The Morgan fingerprint density at radius 1 is 1.19 bits per heavy atom. The second-order valence-electron chi connectivity index (χ2n) is 6.88. The zero-order valence-corrected chi connectivity index (χ0v) is 18.6. The number of hydrogen-bond acceptors (Lipinski definition) is 7.